The minimum Gasteiger partial charge on any atom is -0.495 e. The summed E-state index contributed by atoms with van der Waals surface area (Å²) in [5, 5.41) is 10.9. The molecule has 2 amide bonds. The zero-order valence-corrected chi connectivity index (χ0v) is 20.4. The number of anilines is 1. The van der Waals surface area contributed by atoms with Crippen molar-refractivity contribution in [2.45, 2.75) is 12.5 Å². The molecule has 0 spiro atoms. The van der Waals surface area contributed by atoms with E-state index in [1.54, 1.807) is 41.2 Å². The van der Waals surface area contributed by atoms with Gasteiger partial charge in [-0.05, 0) is 18.2 Å². The molecule has 188 valence electrons. The number of methoxy groups -OCH3 is 4. The third-order valence-corrected chi connectivity index (χ3v) is 4.95. The number of carbonyl (C=O) groups excluding carboxylic acids is 2. The number of nitrogens with two attached hydrogens (primary N) is 2. The summed E-state index contributed by atoms with van der Waals surface area (Å²) in [4.78, 5) is 23.5. The summed E-state index contributed by atoms with van der Waals surface area (Å²) in [5.41, 5.74) is 13.1. The van der Waals surface area contributed by atoms with E-state index >= 15 is 0 Å². The highest BCUT2D eigenvalue weighted by atomic mass is 35.5. The van der Waals surface area contributed by atoms with Crippen molar-refractivity contribution in [3.63, 3.8) is 0 Å². The van der Waals surface area contributed by atoms with Crippen LogP contribution in [0.15, 0.2) is 36.5 Å². The second-order valence-electron chi connectivity index (χ2n) is 7.10. The lowest BCUT2D eigenvalue weighted by atomic mass is 10.1. The Bertz CT molecular complexity index is 1180. The monoisotopic (exact) mass is 506 g/mol. The van der Waals surface area contributed by atoms with Gasteiger partial charge in [0.1, 0.15) is 5.75 Å². The summed E-state index contributed by atoms with van der Waals surface area (Å²) in [5.74, 6) is 0.482. The first-order valence-corrected chi connectivity index (χ1v) is 10.1. The molecule has 0 bridgehead atoms. The maximum atomic E-state index is 12.4. The van der Waals surface area contributed by atoms with Crippen LogP contribution in [-0.2, 0) is 9.59 Å². The van der Waals surface area contributed by atoms with Gasteiger partial charge in [-0.15, -0.1) is 17.5 Å². The topological polar surface area (TPSA) is 166 Å². The summed E-state index contributed by atoms with van der Waals surface area (Å²) >= 11 is 0. The minimum absolute atomic E-state index is 0. The standard InChI is InChI=1S/C22H26N6O6.ClH/c1-31-17-6-5-12(7-15(17)26-22(30)14(23)10-20(24)29)16-11-25-27-28(16)13-8-18(32-2)21(34-4)19(9-13)33-3;/h5-9,11,14H,10,23H2,1-4H3,(H2,24,29)(H,26,30);1H. The first-order valence-electron chi connectivity index (χ1n) is 10.1. The Labute approximate surface area is 207 Å². The van der Waals surface area contributed by atoms with Crippen molar-refractivity contribution in [2.75, 3.05) is 33.8 Å². The first kappa shape index (κ1) is 27.2. The molecule has 1 atom stereocenters. The number of hydrogen-bond donors (Lipinski definition) is 3. The van der Waals surface area contributed by atoms with Gasteiger partial charge in [0.15, 0.2) is 11.5 Å². The predicted octanol–water partition coefficient (Wildman–Crippen LogP) is 1.53. The van der Waals surface area contributed by atoms with Crippen molar-refractivity contribution in [1.82, 2.24) is 15.0 Å². The second-order valence-corrected chi connectivity index (χ2v) is 7.10. The van der Waals surface area contributed by atoms with E-state index in [0.29, 0.717) is 45.6 Å². The normalized spacial score (nSPS) is 11.1. The quantitative estimate of drug-likeness (QED) is 0.369. The van der Waals surface area contributed by atoms with Crippen LogP contribution >= 0.6 is 12.4 Å². The number of nitrogens with zero attached hydrogens (tertiary/aromatic N) is 3. The van der Waals surface area contributed by atoms with Gasteiger partial charge in [-0.25, -0.2) is 4.68 Å². The highest BCUT2D eigenvalue weighted by Gasteiger charge is 2.20. The van der Waals surface area contributed by atoms with Crippen molar-refractivity contribution in [3.8, 4) is 39.9 Å². The molecule has 0 saturated heterocycles. The van der Waals surface area contributed by atoms with E-state index in [1.807, 2.05) is 0 Å². The molecule has 35 heavy (non-hydrogen) atoms. The van der Waals surface area contributed by atoms with Gasteiger partial charge in [0, 0.05) is 17.7 Å². The summed E-state index contributed by atoms with van der Waals surface area (Å²) in [6.45, 7) is 0. The molecule has 3 rings (SSSR count). The molecule has 1 unspecified atom stereocenters. The van der Waals surface area contributed by atoms with Crippen molar-refractivity contribution in [2.24, 2.45) is 11.5 Å². The van der Waals surface area contributed by atoms with Crippen molar-refractivity contribution in [1.29, 1.82) is 0 Å². The lowest BCUT2D eigenvalue weighted by molar-refractivity contribution is -0.123. The molecule has 0 aliphatic carbocycles. The van der Waals surface area contributed by atoms with Crippen molar-refractivity contribution >= 4 is 29.9 Å². The summed E-state index contributed by atoms with van der Waals surface area (Å²) in [6, 6.07) is 7.50. The molecule has 0 aliphatic heterocycles. The van der Waals surface area contributed by atoms with Gasteiger partial charge in [-0.2, -0.15) is 0 Å². The number of rotatable bonds is 10. The smallest absolute Gasteiger partial charge is 0.241 e. The van der Waals surface area contributed by atoms with E-state index in [1.165, 1.54) is 28.4 Å². The molecule has 12 nitrogen and oxygen atoms in total. The summed E-state index contributed by atoms with van der Waals surface area (Å²) in [7, 11) is 6.02. The van der Waals surface area contributed by atoms with E-state index in [4.69, 9.17) is 30.4 Å². The van der Waals surface area contributed by atoms with Crippen LogP contribution in [0.5, 0.6) is 23.0 Å². The van der Waals surface area contributed by atoms with Gasteiger partial charge in [0.25, 0.3) is 0 Å². The largest absolute Gasteiger partial charge is 0.495 e. The summed E-state index contributed by atoms with van der Waals surface area (Å²) < 4.78 is 23.2. The minimum atomic E-state index is -1.10. The number of benzene rings is 2. The van der Waals surface area contributed by atoms with Crippen molar-refractivity contribution in [3.05, 3.63) is 36.5 Å². The molecule has 0 radical (unpaired) electrons. The van der Waals surface area contributed by atoms with Crippen LogP contribution in [0.2, 0.25) is 0 Å². The van der Waals surface area contributed by atoms with Crippen LogP contribution in [-0.4, -0.2) is 61.3 Å². The molecular weight excluding hydrogens is 480 g/mol. The number of hydrogen-bond acceptors (Lipinski definition) is 9. The number of primary amides is 1. The van der Waals surface area contributed by atoms with Crippen molar-refractivity contribution < 1.29 is 28.5 Å². The SMILES string of the molecule is COc1ccc(-c2cnnn2-c2cc(OC)c(OC)c(OC)c2)cc1NC(=O)C(N)CC(N)=O.Cl. The molecular formula is C22H27ClN6O6. The van der Waals surface area contributed by atoms with Crippen LogP contribution in [0.3, 0.4) is 0 Å². The average molecular weight is 507 g/mol. The van der Waals surface area contributed by atoms with Gasteiger partial charge in [-0.1, -0.05) is 5.21 Å². The van der Waals surface area contributed by atoms with Crippen LogP contribution in [0.1, 0.15) is 6.42 Å². The van der Waals surface area contributed by atoms with Gasteiger partial charge in [-0.3, -0.25) is 9.59 Å². The van der Waals surface area contributed by atoms with Crippen LogP contribution < -0.4 is 35.7 Å². The van der Waals surface area contributed by atoms with E-state index in [-0.39, 0.29) is 18.8 Å². The van der Waals surface area contributed by atoms with Gasteiger partial charge in [0.05, 0.1) is 64.2 Å². The van der Waals surface area contributed by atoms with Gasteiger partial charge in [0.2, 0.25) is 17.6 Å². The van der Waals surface area contributed by atoms with Crippen LogP contribution in [0, 0.1) is 0 Å². The Kier molecular flexibility index (Phi) is 9.26. The fraction of sp³-hybridized carbons (Fsp3) is 0.273. The van der Waals surface area contributed by atoms with E-state index in [9.17, 15) is 9.59 Å². The molecule has 0 fully saturated rings. The zero-order chi connectivity index (χ0) is 24.8. The number of carbonyl (C=O) groups is 2. The predicted molar refractivity (Wildman–Crippen MR) is 131 cm³/mol. The Morgan fingerprint density at radius 2 is 1.63 bits per heavy atom. The summed E-state index contributed by atoms with van der Waals surface area (Å²) in [6.07, 6.45) is 1.28. The average Bonchev–Trinajstić information content (AvgIpc) is 3.32. The number of halogens is 1. The Balaban J connectivity index is 0.00000432. The number of ether oxygens (including phenoxy) is 4. The molecule has 2 aromatic carbocycles. The maximum absolute atomic E-state index is 12.4. The molecule has 1 heterocycles. The first-order chi connectivity index (χ1) is 16.3. The Morgan fingerprint density at radius 3 is 2.17 bits per heavy atom. The fourth-order valence-electron chi connectivity index (χ4n) is 3.31. The van der Waals surface area contributed by atoms with E-state index in [0.717, 1.165) is 0 Å². The van der Waals surface area contributed by atoms with E-state index in [2.05, 4.69) is 15.6 Å². The highest BCUT2D eigenvalue weighted by molar-refractivity contribution is 5.98. The third kappa shape index (κ3) is 5.91. The molecule has 1 aromatic heterocycles. The number of aromatic nitrogens is 3. The Morgan fingerprint density at radius 1 is 1.00 bits per heavy atom. The maximum Gasteiger partial charge on any atom is 0.241 e. The van der Waals surface area contributed by atoms with Gasteiger partial charge < -0.3 is 35.7 Å². The number of nitrogens with one attached hydrogen (secondary N) is 1. The molecule has 0 aliphatic rings. The molecule has 13 heteroatoms. The van der Waals surface area contributed by atoms with Gasteiger partial charge >= 0.3 is 0 Å². The second kappa shape index (κ2) is 11.9. The lowest BCUT2D eigenvalue weighted by Gasteiger charge is -2.16. The molecule has 0 saturated carbocycles. The third-order valence-electron chi connectivity index (χ3n) is 4.95. The molecule has 5 N–H and O–H groups in total. The van der Waals surface area contributed by atoms with Crippen LogP contribution in [0.4, 0.5) is 5.69 Å². The Hall–Kier alpha value is -4.03. The number of amides is 2. The molecule has 3 aromatic rings. The lowest BCUT2D eigenvalue weighted by Crippen LogP contribution is -2.39. The fourth-order valence-corrected chi connectivity index (χ4v) is 3.31. The highest BCUT2D eigenvalue weighted by Crippen LogP contribution is 2.40. The zero-order valence-electron chi connectivity index (χ0n) is 19.6. The van der Waals surface area contributed by atoms with E-state index < -0.39 is 17.9 Å². The van der Waals surface area contributed by atoms with Crippen LogP contribution in [0.25, 0.3) is 16.9 Å².